The molecule has 0 saturated carbocycles. The third-order valence-corrected chi connectivity index (χ3v) is 4.58. The Balaban J connectivity index is 2.25. The number of hydrogen-bond donors (Lipinski definition) is 2. The van der Waals surface area contributed by atoms with Gasteiger partial charge in [-0.2, -0.15) is 0 Å². The summed E-state index contributed by atoms with van der Waals surface area (Å²) in [4.78, 5) is 13.7. The summed E-state index contributed by atoms with van der Waals surface area (Å²) in [5, 5.41) is 13.1. The fraction of sp³-hybridized carbons (Fsp3) is 0.100. The number of aromatic nitrogens is 1. The van der Waals surface area contributed by atoms with Crippen molar-refractivity contribution in [3.8, 4) is 0 Å². The van der Waals surface area contributed by atoms with Crippen LogP contribution in [0.25, 0.3) is 0 Å². The van der Waals surface area contributed by atoms with Crippen LogP contribution < -0.4 is 10.5 Å². The molecule has 0 spiro atoms. The Morgan fingerprint density at radius 2 is 2.20 bits per heavy atom. The molecule has 0 bridgehead atoms. The fourth-order valence-corrected chi connectivity index (χ4v) is 3.08. The monoisotopic (exact) mass is 314 g/mol. The van der Waals surface area contributed by atoms with Crippen molar-refractivity contribution in [1.82, 2.24) is 9.71 Å². The van der Waals surface area contributed by atoms with E-state index in [4.69, 9.17) is 5.73 Å². The summed E-state index contributed by atoms with van der Waals surface area (Å²) < 4.78 is 26.4. The molecule has 1 heterocycles. The van der Waals surface area contributed by atoms with Crippen LogP contribution in [0, 0.1) is 10.1 Å². The normalized spacial score (nSPS) is 11.4. The van der Waals surface area contributed by atoms with E-state index in [0.717, 1.165) is 6.07 Å². The molecule has 0 radical (unpaired) electrons. The molecule has 3 N–H and O–H groups in total. The number of thiazole rings is 1. The van der Waals surface area contributed by atoms with E-state index in [1.165, 1.54) is 23.5 Å². The number of nitrogens with two attached hydrogens (primary N) is 1. The maximum atomic E-state index is 12.0. The van der Waals surface area contributed by atoms with Gasteiger partial charge in [-0.3, -0.25) is 10.1 Å². The molecule has 106 valence electrons. The largest absolute Gasteiger partial charge is 0.393 e. The summed E-state index contributed by atoms with van der Waals surface area (Å²) in [5.74, 6) is 0. The fourth-order valence-electron chi connectivity index (χ4n) is 1.43. The number of nitrogen functional groups attached to an aromatic ring is 1. The smallest absolute Gasteiger partial charge is 0.293 e. The highest BCUT2D eigenvalue weighted by Gasteiger charge is 2.20. The number of nitrogens with zero attached hydrogens (tertiary/aromatic N) is 2. The minimum Gasteiger partial charge on any atom is -0.393 e. The molecular formula is C10H10N4O4S2. The van der Waals surface area contributed by atoms with Crippen LogP contribution in [-0.2, 0) is 16.6 Å². The van der Waals surface area contributed by atoms with Gasteiger partial charge in [0.15, 0.2) is 0 Å². The molecule has 10 heteroatoms. The van der Waals surface area contributed by atoms with Crippen LogP contribution in [0.4, 0.5) is 11.4 Å². The average molecular weight is 314 g/mol. The summed E-state index contributed by atoms with van der Waals surface area (Å²) in [6.07, 6.45) is 1.56. The second kappa shape index (κ2) is 5.53. The van der Waals surface area contributed by atoms with Crippen LogP contribution in [0.15, 0.2) is 34.7 Å². The second-order valence-corrected chi connectivity index (χ2v) is 6.47. The standard InChI is InChI=1S/C10H10N4O4S2/c11-8-2-1-7(5-9(8)14(15)16)20(17,18)13-6-10-12-3-4-19-10/h1-5,13H,6,11H2. The number of anilines is 1. The third kappa shape index (κ3) is 3.10. The molecule has 0 saturated heterocycles. The van der Waals surface area contributed by atoms with E-state index in [0.29, 0.717) is 5.01 Å². The van der Waals surface area contributed by atoms with Crippen molar-refractivity contribution < 1.29 is 13.3 Å². The molecule has 0 atom stereocenters. The summed E-state index contributed by atoms with van der Waals surface area (Å²) >= 11 is 1.30. The summed E-state index contributed by atoms with van der Waals surface area (Å²) in [7, 11) is -3.85. The van der Waals surface area contributed by atoms with Gasteiger partial charge in [0.1, 0.15) is 10.7 Å². The molecular weight excluding hydrogens is 304 g/mol. The Morgan fingerprint density at radius 1 is 1.45 bits per heavy atom. The van der Waals surface area contributed by atoms with Gasteiger partial charge in [-0.15, -0.1) is 11.3 Å². The van der Waals surface area contributed by atoms with Crippen LogP contribution >= 0.6 is 11.3 Å². The number of nitro benzene ring substituents is 1. The van der Waals surface area contributed by atoms with Crippen molar-refractivity contribution in [2.24, 2.45) is 0 Å². The number of hydrogen-bond acceptors (Lipinski definition) is 7. The van der Waals surface area contributed by atoms with Crippen molar-refractivity contribution in [2.45, 2.75) is 11.4 Å². The lowest BCUT2D eigenvalue weighted by atomic mass is 10.3. The van der Waals surface area contributed by atoms with Crippen LogP contribution in [0.3, 0.4) is 0 Å². The van der Waals surface area contributed by atoms with Crippen molar-refractivity contribution >= 4 is 32.7 Å². The molecule has 0 aliphatic rings. The maximum absolute atomic E-state index is 12.0. The first-order chi connectivity index (χ1) is 9.40. The van der Waals surface area contributed by atoms with E-state index < -0.39 is 20.6 Å². The molecule has 2 aromatic rings. The third-order valence-electron chi connectivity index (χ3n) is 2.41. The lowest BCUT2D eigenvalue weighted by Crippen LogP contribution is -2.23. The zero-order valence-corrected chi connectivity index (χ0v) is 11.6. The first-order valence-electron chi connectivity index (χ1n) is 5.32. The molecule has 1 aromatic carbocycles. The van der Waals surface area contributed by atoms with E-state index >= 15 is 0 Å². The number of nitrogens with one attached hydrogen (secondary N) is 1. The zero-order chi connectivity index (χ0) is 14.8. The Bertz CT molecular complexity index is 728. The maximum Gasteiger partial charge on any atom is 0.293 e. The van der Waals surface area contributed by atoms with Gasteiger partial charge in [0.25, 0.3) is 5.69 Å². The van der Waals surface area contributed by atoms with Crippen molar-refractivity contribution in [1.29, 1.82) is 0 Å². The lowest BCUT2D eigenvalue weighted by Gasteiger charge is -2.06. The van der Waals surface area contributed by atoms with Gasteiger partial charge < -0.3 is 5.73 Å². The van der Waals surface area contributed by atoms with Gasteiger partial charge in [0.05, 0.1) is 16.4 Å². The van der Waals surface area contributed by atoms with Crippen LogP contribution in [-0.4, -0.2) is 18.3 Å². The van der Waals surface area contributed by atoms with Gasteiger partial charge in [0.2, 0.25) is 10.0 Å². The highest BCUT2D eigenvalue weighted by molar-refractivity contribution is 7.89. The molecule has 0 aliphatic carbocycles. The van der Waals surface area contributed by atoms with Crippen molar-refractivity contribution in [2.75, 3.05) is 5.73 Å². The summed E-state index contributed by atoms with van der Waals surface area (Å²) in [5.41, 5.74) is 4.89. The van der Waals surface area contributed by atoms with Gasteiger partial charge in [-0.25, -0.2) is 18.1 Å². The van der Waals surface area contributed by atoms with Gasteiger partial charge >= 0.3 is 0 Å². The summed E-state index contributed by atoms with van der Waals surface area (Å²) in [6.45, 7) is 0.0260. The molecule has 0 unspecified atom stereocenters. The Kier molecular flexibility index (Phi) is 3.97. The van der Waals surface area contributed by atoms with Crippen LogP contribution in [0.5, 0.6) is 0 Å². The first kappa shape index (κ1) is 14.4. The minimum absolute atomic E-state index is 0.0260. The topological polar surface area (TPSA) is 128 Å². The Morgan fingerprint density at radius 3 is 2.80 bits per heavy atom. The lowest BCUT2D eigenvalue weighted by molar-refractivity contribution is -0.384. The van der Waals surface area contributed by atoms with Gasteiger partial charge in [0, 0.05) is 17.6 Å². The minimum atomic E-state index is -3.85. The highest BCUT2D eigenvalue weighted by atomic mass is 32.2. The van der Waals surface area contributed by atoms with Crippen molar-refractivity contribution in [3.05, 3.63) is 44.9 Å². The number of sulfonamides is 1. The molecule has 1 aromatic heterocycles. The Hall–Kier alpha value is -2.04. The second-order valence-electron chi connectivity index (χ2n) is 3.73. The molecule has 8 nitrogen and oxygen atoms in total. The van der Waals surface area contributed by atoms with E-state index in [-0.39, 0.29) is 17.1 Å². The quantitative estimate of drug-likeness (QED) is 0.483. The van der Waals surface area contributed by atoms with Gasteiger partial charge in [-0.05, 0) is 12.1 Å². The molecule has 0 fully saturated rings. The SMILES string of the molecule is Nc1ccc(S(=O)(=O)NCc2nccs2)cc1[N+](=O)[O-]. The number of benzene rings is 1. The van der Waals surface area contributed by atoms with E-state index in [1.54, 1.807) is 11.6 Å². The number of nitro groups is 1. The zero-order valence-electron chi connectivity index (χ0n) is 10.0. The predicted molar refractivity (Wildman–Crippen MR) is 73.6 cm³/mol. The summed E-state index contributed by atoms with van der Waals surface area (Å²) in [6, 6.07) is 3.34. The Labute approximate surface area is 118 Å². The van der Waals surface area contributed by atoms with Crippen molar-refractivity contribution in [3.63, 3.8) is 0 Å². The molecule has 0 aliphatic heterocycles. The van der Waals surface area contributed by atoms with Gasteiger partial charge in [-0.1, -0.05) is 0 Å². The van der Waals surface area contributed by atoms with E-state index in [1.807, 2.05) is 0 Å². The average Bonchev–Trinajstić information content (AvgIpc) is 2.89. The van der Waals surface area contributed by atoms with E-state index in [9.17, 15) is 18.5 Å². The van der Waals surface area contributed by atoms with E-state index in [2.05, 4.69) is 9.71 Å². The highest BCUT2D eigenvalue weighted by Crippen LogP contribution is 2.24. The first-order valence-corrected chi connectivity index (χ1v) is 7.68. The number of rotatable bonds is 5. The van der Waals surface area contributed by atoms with Crippen LogP contribution in [0.2, 0.25) is 0 Å². The molecule has 0 amide bonds. The predicted octanol–water partition coefficient (Wildman–Crippen LogP) is 1.11. The molecule has 2 rings (SSSR count). The molecule has 20 heavy (non-hydrogen) atoms. The van der Waals surface area contributed by atoms with Crippen LogP contribution in [0.1, 0.15) is 5.01 Å².